The Labute approximate surface area is 225 Å². The van der Waals surface area contributed by atoms with E-state index >= 15 is 0 Å². The van der Waals surface area contributed by atoms with Crippen molar-refractivity contribution in [3.63, 3.8) is 0 Å². The zero-order valence-corrected chi connectivity index (χ0v) is 22.7. The highest BCUT2D eigenvalue weighted by Gasteiger charge is 2.75. The van der Waals surface area contributed by atoms with Crippen LogP contribution in [0.15, 0.2) is 24.3 Å². The molecule has 0 aromatic heterocycles. The number of carbonyl (C=O) groups excluding carboxylic acids is 3. The van der Waals surface area contributed by atoms with Gasteiger partial charge in [-0.25, -0.2) is 0 Å². The summed E-state index contributed by atoms with van der Waals surface area (Å²) < 4.78 is 12.4. The number of fused-ring (bicyclic) bond motifs is 2. The van der Waals surface area contributed by atoms with Gasteiger partial charge in [0.15, 0.2) is 0 Å². The van der Waals surface area contributed by atoms with E-state index in [1.165, 1.54) is 0 Å². The maximum Gasteiger partial charge on any atom is 0.249 e. The highest BCUT2D eigenvalue weighted by atomic mass is 16.5. The lowest BCUT2D eigenvalue weighted by Crippen LogP contribution is -2.57. The molecule has 0 bridgehead atoms. The van der Waals surface area contributed by atoms with E-state index in [-0.39, 0.29) is 24.3 Å². The van der Waals surface area contributed by atoms with Crippen molar-refractivity contribution in [3.05, 3.63) is 24.3 Å². The van der Waals surface area contributed by atoms with Gasteiger partial charge in [-0.05, 0) is 25.7 Å². The number of carbonyl (C=O) groups is 3. The lowest BCUT2D eigenvalue weighted by molar-refractivity contribution is -0.154. The fraction of sp³-hybridized carbons (Fsp3) is 0.750. The molecule has 10 nitrogen and oxygen atoms in total. The molecular formula is C28H42N4O6. The number of hydrogen-bond donors (Lipinski definition) is 1. The van der Waals surface area contributed by atoms with Crippen LogP contribution in [0.3, 0.4) is 0 Å². The molecule has 0 saturated carbocycles. The summed E-state index contributed by atoms with van der Waals surface area (Å²) in [5.74, 6) is -1.85. The fourth-order valence-electron chi connectivity index (χ4n) is 7.03. The number of likely N-dealkylation sites (tertiary alicyclic amines) is 1. The van der Waals surface area contributed by atoms with Gasteiger partial charge in [0, 0.05) is 59.5 Å². The van der Waals surface area contributed by atoms with Gasteiger partial charge in [0.2, 0.25) is 17.7 Å². The fourth-order valence-corrected chi connectivity index (χ4v) is 7.03. The topological polar surface area (TPSA) is 103 Å². The first kappa shape index (κ1) is 27.3. The number of unbranched alkanes of at least 4 members (excludes halogenated alkanes) is 2. The van der Waals surface area contributed by atoms with Crippen LogP contribution in [0.5, 0.6) is 0 Å². The van der Waals surface area contributed by atoms with Gasteiger partial charge in [0.1, 0.15) is 11.6 Å². The first-order valence-corrected chi connectivity index (χ1v) is 14.2. The summed E-state index contributed by atoms with van der Waals surface area (Å²) in [4.78, 5) is 49.8. The lowest BCUT2D eigenvalue weighted by atomic mass is 9.73. The van der Waals surface area contributed by atoms with Gasteiger partial charge in [0.25, 0.3) is 0 Å². The summed E-state index contributed by atoms with van der Waals surface area (Å²) in [5.41, 5.74) is -2.13. The zero-order valence-electron chi connectivity index (χ0n) is 22.7. The van der Waals surface area contributed by atoms with E-state index in [0.717, 1.165) is 26.1 Å². The second-order valence-electron chi connectivity index (χ2n) is 11.2. The molecule has 0 radical (unpaired) electrons. The van der Waals surface area contributed by atoms with Crippen LogP contribution in [-0.4, -0.2) is 132 Å². The molecule has 0 aliphatic carbocycles. The molecule has 0 aromatic carbocycles. The molecule has 210 valence electrons. The molecule has 1 unspecified atom stereocenters. The average molecular weight is 531 g/mol. The van der Waals surface area contributed by atoms with Crippen molar-refractivity contribution >= 4 is 17.7 Å². The second kappa shape index (κ2) is 11.1. The van der Waals surface area contributed by atoms with Crippen molar-refractivity contribution < 1.29 is 29.0 Å². The van der Waals surface area contributed by atoms with Crippen molar-refractivity contribution in [1.82, 2.24) is 19.6 Å². The van der Waals surface area contributed by atoms with Gasteiger partial charge < -0.3 is 29.3 Å². The Morgan fingerprint density at radius 3 is 2.42 bits per heavy atom. The number of likely N-dealkylation sites (N-methyl/N-ethyl adjacent to an activating group) is 1. The number of ether oxygens (including phenoxy) is 2. The Bertz CT molecular complexity index is 980. The molecule has 1 N–H and O–H groups in total. The summed E-state index contributed by atoms with van der Waals surface area (Å²) in [6, 6.07) is -0.820. The van der Waals surface area contributed by atoms with Crippen molar-refractivity contribution in [2.24, 2.45) is 11.8 Å². The van der Waals surface area contributed by atoms with E-state index in [0.29, 0.717) is 58.7 Å². The molecule has 38 heavy (non-hydrogen) atoms. The Morgan fingerprint density at radius 1 is 0.921 bits per heavy atom. The number of nitrogens with zero attached hydrogens (tertiary/aromatic N) is 4. The van der Waals surface area contributed by atoms with Crippen LogP contribution < -0.4 is 0 Å². The SMILES string of the molecule is CC[C@]12C=CCN(C)C(=O)[C@H]1[C@H]1C(=O)N(CCCCCO)C3C(=O)N(CCN4CCOCC4)CC=C[C@@]31O2. The van der Waals surface area contributed by atoms with Gasteiger partial charge in [0.05, 0.1) is 30.7 Å². The molecule has 5 heterocycles. The minimum Gasteiger partial charge on any atom is -0.396 e. The zero-order chi connectivity index (χ0) is 26.9. The highest BCUT2D eigenvalue weighted by Crippen LogP contribution is 2.58. The smallest absolute Gasteiger partial charge is 0.249 e. The maximum absolute atomic E-state index is 14.3. The van der Waals surface area contributed by atoms with E-state index in [1.807, 2.05) is 36.1 Å². The van der Waals surface area contributed by atoms with E-state index in [4.69, 9.17) is 9.47 Å². The number of aliphatic hydroxyl groups is 1. The molecule has 5 atom stereocenters. The minimum absolute atomic E-state index is 0.0955. The van der Waals surface area contributed by atoms with Gasteiger partial charge in [-0.15, -0.1) is 0 Å². The maximum atomic E-state index is 14.3. The number of aliphatic hydroxyl groups excluding tert-OH is 1. The van der Waals surface area contributed by atoms with Crippen molar-refractivity contribution in [2.75, 3.05) is 72.7 Å². The van der Waals surface area contributed by atoms with Gasteiger partial charge in [-0.1, -0.05) is 31.2 Å². The highest BCUT2D eigenvalue weighted by molar-refractivity contribution is 6.00. The molecule has 10 heteroatoms. The molecule has 0 aromatic rings. The van der Waals surface area contributed by atoms with E-state index in [1.54, 1.807) is 16.8 Å². The summed E-state index contributed by atoms with van der Waals surface area (Å²) in [5, 5.41) is 9.24. The molecular weight excluding hydrogens is 488 g/mol. The summed E-state index contributed by atoms with van der Waals surface area (Å²) in [7, 11) is 1.76. The Hall–Kier alpha value is -2.27. The van der Waals surface area contributed by atoms with Crippen LogP contribution in [0.4, 0.5) is 0 Å². The Morgan fingerprint density at radius 2 is 1.68 bits per heavy atom. The number of hydrogen-bond acceptors (Lipinski definition) is 7. The van der Waals surface area contributed by atoms with E-state index in [2.05, 4.69) is 4.90 Å². The van der Waals surface area contributed by atoms with E-state index < -0.39 is 29.1 Å². The Kier molecular flexibility index (Phi) is 7.96. The van der Waals surface area contributed by atoms with Crippen LogP contribution in [0.25, 0.3) is 0 Å². The predicted molar refractivity (Wildman–Crippen MR) is 140 cm³/mol. The number of rotatable bonds is 9. The summed E-state index contributed by atoms with van der Waals surface area (Å²) >= 11 is 0. The molecule has 5 aliphatic rings. The quantitative estimate of drug-likeness (QED) is 0.337. The lowest BCUT2D eigenvalue weighted by Gasteiger charge is -2.38. The van der Waals surface area contributed by atoms with Crippen LogP contribution in [0.2, 0.25) is 0 Å². The minimum atomic E-state index is -1.20. The predicted octanol–water partition coefficient (Wildman–Crippen LogP) is 0.269. The van der Waals surface area contributed by atoms with Crippen molar-refractivity contribution in [2.45, 2.75) is 49.9 Å². The number of morpholine rings is 1. The largest absolute Gasteiger partial charge is 0.396 e. The van der Waals surface area contributed by atoms with Crippen LogP contribution in [0.1, 0.15) is 32.6 Å². The summed E-state index contributed by atoms with van der Waals surface area (Å²) in [6.07, 6.45) is 10.4. The van der Waals surface area contributed by atoms with Gasteiger partial charge in [-0.2, -0.15) is 0 Å². The van der Waals surface area contributed by atoms with Gasteiger partial charge in [-0.3, -0.25) is 19.3 Å². The first-order valence-electron chi connectivity index (χ1n) is 14.2. The monoisotopic (exact) mass is 530 g/mol. The van der Waals surface area contributed by atoms with Crippen LogP contribution >= 0.6 is 0 Å². The second-order valence-corrected chi connectivity index (χ2v) is 11.2. The normalized spacial score (nSPS) is 35.4. The van der Waals surface area contributed by atoms with Crippen LogP contribution in [-0.2, 0) is 23.9 Å². The molecule has 3 fully saturated rings. The summed E-state index contributed by atoms with van der Waals surface area (Å²) in [6.45, 7) is 7.75. The molecule has 5 aliphatic heterocycles. The van der Waals surface area contributed by atoms with Crippen molar-refractivity contribution in [1.29, 1.82) is 0 Å². The standard InChI is InChI=1S/C28H42N4O6/c1-3-27-9-7-11-29(2)24(34)21(27)22-25(35)32(13-5-4-6-18-33)23-26(36)31(12-8-10-28(22,23)38-27)15-14-30-16-19-37-20-17-30/h7-10,21-23,33H,3-6,11-20H2,1-2H3/t21-,22+,23?,27+,28+/m1/s1. The average Bonchev–Trinajstić information content (AvgIpc) is 3.22. The molecule has 5 rings (SSSR count). The molecule has 3 amide bonds. The number of amides is 3. The van der Waals surface area contributed by atoms with E-state index in [9.17, 15) is 19.5 Å². The molecule has 3 saturated heterocycles. The van der Waals surface area contributed by atoms with Gasteiger partial charge >= 0.3 is 0 Å². The third kappa shape index (κ3) is 4.49. The van der Waals surface area contributed by atoms with Crippen LogP contribution in [0, 0.1) is 11.8 Å². The third-order valence-corrected chi connectivity index (χ3v) is 9.07. The Balaban J connectivity index is 1.49. The first-order chi connectivity index (χ1) is 18.4. The van der Waals surface area contributed by atoms with Crippen molar-refractivity contribution in [3.8, 4) is 0 Å². The molecule has 1 spiro atoms. The third-order valence-electron chi connectivity index (χ3n) is 9.07.